The molecule has 0 spiro atoms. The lowest BCUT2D eigenvalue weighted by atomic mass is 10.0. The lowest BCUT2D eigenvalue weighted by Crippen LogP contribution is -2.28. The van der Waals surface area contributed by atoms with Gasteiger partial charge < -0.3 is 4.74 Å². The number of benzene rings is 1. The average Bonchev–Trinajstić information content (AvgIpc) is 3.08. The van der Waals surface area contributed by atoms with Crippen LogP contribution in [-0.4, -0.2) is 12.7 Å². The van der Waals surface area contributed by atoms with Crippen molar-refractivity contribution < 1.29 is 9.13 Å². The summed E-state index contributed by atoms with van der Waals surface area (Å²) in [5.41, 5.74) is 2.88. The summed E-state index contributed by atoms with van der Waals surface area (Å²) in [6.45, 7) is 0.882. The molecule has 108 valence electrons. The van der Waals surface area contributed by atoms with Crippen molar-refractivity contribution in [3.8, 4) is 0 Å². The van der Waals surface area contributed by atoms with Gasteiger partial charge in [0.15, 0.2) is 0 Å². The minimum Gasteiger partial charge on any atom is -0.378 e. The highest BCUT2D eigenvalue weighted by molar-refractivity contribution is 7.19. The Kier molecular flexibility index (Phi) is 4.31. The quantitative estimate of drug-likeness (QED) is 0.655. The molecule has 3 rings (SSSR count). The fraction of sp³-hybridized carbons (Fsp3) is 0.467. The van der Waals surface area contributed by atoms with Crippen LogP contribution >= 0.6 is 11.3 Å². The van der Waals surface area contributed by atoms with Gasteiger partial charge in [-0.3, -0.25) is 11.3 Å². The van der Waals surface area contributed by atoms with Crippen molar-refractivity contribution in [3.63, 3.8) is 0 Å². The number of halogens is 1. The molecule has 1 aromatic heterocycles. The molecule has 0 aliphatic carbocycles. The largest absolute Gasteiger partial charge is 0.378 e. The van der Waals surface area contributed by atoms with Gasteiger partial charge in [-0.15, -0.1) is 11.3 Å². The second-order valence-electron chi connectivity index (χ2n) is 5.26. The maximum absolute atomic E-state index is 13.2. The molecule has 1 aliphatic rings. The van der Waals surface area contributed by atoms with Crippen LogP contribution in [0.3, 0.4) is 0 Å². The Labute approximate surface area is 121 Å². The van der Waals surface area contributed by atoms with E-state index in [1.807, 2.05) is 12.1 Å². The van der Waals surface area contributed by atoms with Crippen molar-refractivity contribution in [3.05, 3.63) is 35.0 Å². The predicted octanol–water partition coefficient (Wildman–Crippen LogP) is 3.50. The molecular weight excluding hydrogens is 275 g/mol. The number of hydrazine groups is 1. The Morgan fingerprint density at radius 1 is 1.45 bits per heavy atom. The number of nitrogens with two attached hydrogens (primary N) is 1. The molecule has 20 heavy (non-hydrogen) atoms. The Bertz CT molecular complexity index is 580. The Morgan fingerprint density at radius 2 is 2.35 bits per heavy atom. The molecule has 1 fully saturated rings. The molecule has 0 bridgehead atoms. The predicted molar refractivity (Wildman–Crippen MR) is 80.1 cm³/mol. The second kappa shape index (κ2) is 6.18. The summed E-state index contributed by atoms with van der Waals surface area (Å²) in [7, 11) is 0. The normalized spacial score (nSPS) is 20.6. The van der Waals surface area contributed by atoms with Gasteiger partial charge in [0, 0.05) is 16.2 Å². The van der Waals surface area contributed by atoms with Crippen molar-refractivity contribution in [2.24, 2.45) is 5.84 Å². The van der Waals surface area contributed by atoms with Gasteiger partial charge in [0.1, 0.15) is 5.82 Å². The molecule has 2 atom stereocenters. The first-order valence-electron chi connectivity index (χ1n) is 7.03. The maximum atomic E-state index is 13.2. The molecule has 1 aliphatic heterocycles. The molecule has 2 aromatic rings. The van der Waals surface area contributed by atoms with Gasteiger partial charge in [-0.05, 0) is 55.3 Å². The van der Waals surface area contributed by atoms with E-state index in [0.29, 0.717) is 6.10 Å². The van der Waals surface area contributed by atoms with Crippen LogP contribution in [0.25, 0.3) is 10.1 Å². The lowest BCUT2D eigenvalue weighted by Gasteiger charge is -2.16. The van der Waals surface area contributed by atoms with Crippen LogP contribution in [0.1, 0.15) is 36.6 Å². The first-order chi connectivity index (χ1) is 9.76. The van der Waals surface area contributed by atoms with E-state index in [0.717, 1.165) is 47.3 Å². The van der Waals surface area contributed by atoms with Gasteiger partial charge in [0.25, 0.3) is 0 Å². The number of thiophene rings is 1. The van der Waals surface area contributed by atoms with Gasteiger partial charge in [0.2, 0.25) is 0 Å². The van der Waals surface area contributed by atoms with Gasteiger partial charge in [-0.25, -0.2) is 4.39 Å². The van der Waals surface area contributed by atoms with Crippen LogP contribution in [0.15, 0.2) is 24.3 Å². The van der Waals surface area contributed by atoms with Crippen molar-refractivity contribution >= 4 is 21.4 Å². The molecule has 1 saturated heterocycles. The smallest absolute Gasteiger partial charge is 0.123 e. The number of hydrogen-bond acceptors (Lipinski definition) is 4. The third kappa shape index (κ3) is 3.01. The highest BCUT2D eigenvalue weighted by Crippen LogP contribution is 2.33. The monoisotopic (exact) mass is 294 g/mol. The number of nitrogens with one attached hydrogen (secondary N) is 1. The average molecular weight is 294 g/mol. The summed E-state index contributed by atoms with van der Waals surface area (Å²) in [4.78, 5) is 1.16. The molecule has 3 N–H and O–H groups in total. The third-order valence-corrected chi connectivity index (χ3v) is 5.07. The van der Waals surface area contributed by atoms with Gasteiger partial charge in [-0.1, -0.05) is 0 Å². The van der Waals surface area contributed by atoms with Crippen LogP contribution < -0.4 is 11.3 Å². The molecule has 1 aromatic carbocycles. The first kappa shape index (κ1) is 13.9. The second-order valence-corrected chi connectivity index (χ2v) is 6.38. The summed E-state index contributed by atoms with van der Waals surface area (Å²) in [6.07, 6.45) is 4.63. The van der Waals surface area contributed by atoms with Gasteiger partial charge in [0.05, 0.1) is 12.1 Å². The highest BCUT2D eigenvalue weighted by atomic mass is 32.1. The van der Waals surface area contributed by atoms with Gasteiger partial charge >= 0.3 is 0 Å². The van der Waals surface area contributed by atoms with Crippen molar-refractivity contribution in [2.75, 3.05) is 6.61 Å². The van der Waals surface area contributed by atoms with E-state index in [9.17, 15) is 4.39 Å². The summed E-state index contributed by atoms with van der Waals surface area (Å²) in [6, 6.07) is 7.04. The fourth-order valence-corrected chi connectivity index (χ4v) is 3.88. The first-order valence-corrected chi connectivity index (χ1v) is 7.84. The molecule has 0 radical (unpaired) electrons. The van der Waals surface area contributed by atoms with Crippen LogP contribution in [-0.2, 0) is 4.74 Å². The zero-order valence-corrected chi connectivity index (χ0v) is 12.1. The van der Waals surface area contributed by atoms with Crippen molar-refractivity contribution in [1.29, 1.82) is 0 Å². The molecule has 5 heteroatoms. The van der Waals surface area contributed by atoms with E-state index in [2.05, 4.69) is 5.43 Å². The van der Waals surface area contributed by atoms with Crippen LogP contribution in [0.4, 0.5) is 4.39 Å². The molecule has 2 unspecified atom stereocenters. The summed E-state index contributed by atoms with van der Waals surface area (Å²) in [5.74, 6) is 5.49. The lowest BCUT2D eigenvalue weighted by molar-refractivity contribution is 0.0997. The van der Waals surface area contributed by atoms with Gasteiger partial charge in [-0.2, -0.15) is 0 Å². The van der Waals surface area contributed by atoms with E-state index in [-0.39, 0.29) is 11.9 Å². The minimum atomic E-state index is -0.196. The summed E-state index contributed by atoms with van der Waals surface area (Å²) < 4.78 is 20.0. The zero-order valence-electron chi connectivity index (χ0n) is 11.3. The van der Waals surface area contributed by atoms with E-state index in [1.165, 1.54) is 6.07 Å². The molecular formula is C15H19FN2OS. The Morgan fingerprint density at radius 3 is 3.10 bits per heavy atom. The molecule has 0 amide bonds. The topological polar surface area (TPSA) is 47.3 Å². The molecule has 2 heterocycles. The maximum Gasteiger partial charge on any atom is 0.123 e. The molecule has 0 saturated carbocycles. The zero-order chi connectivity index (χ0) is 13.9. The Balaban J connectivity index is 1.72. The molecule has 3 nitrogen and oxygen atoms in total. The van der Waals surface area contributed by atoms with E-state index >= 15 is 0 Å². The fourth-order valence-electron chi connectivity index (χ4n) is 2.74. The van der Waals surface area contributed by atoms with Crippen LogP contribution in [0, 0.1) is 5.82 Å². The Hall–Kier alpha value is -1.01. The standard InChI is InChI=1S/C15H19FN2OS/c16-11-3-6-14-10(8-11)9-15(20-14)13(18-17)5-4-12-2-1-7-19-12/h3,6,8-9,12-13,18H,1-2,4-5,7,17H2. The number of rotatable bonds is 5. The van der Waals surface area contributed by atoms with Crippen molar-refractivity contribution in [1.82, 2.24) is 5.43 Å². The van der Waals surface area contributed by atoms with Crippen LogP contribution in [0.2, 0.25) is 0 Å². The van der Waals surface area contributed by atoms with E-state index < -0.39 is 0 Å². The number of hydrogen-bond donors (Lipinski definition) is 2. The third-order valence-electron chi connectivity index (χ3n) is 3.84. The minimum absolute atomic E-state index is 0.111. The summed E-state index contributed by atoms with van der Waals surface area (Å²) >= 11 is 1.67. The highest BCUT2D eigenvalue weighted by Gasteiger charge is 2.19. The van der Waals surface area contributed by atoms with Crippen LogP contribution in [0.5, 0.6) is 0 Å². The van der Waals surface area contributed by atoms with Crippen molar-refractivity contribution in [2.45, 2.75) is 37.8 Å². The summed E-state index contributed by atoms with van der Waals surface area (Å²) in [5, 5.41) is 0.947. The SMILES string of the molecule is NNC(CCC1CCCO1)c1cc2cc(F)ccc2s1. The van der Waals surface area contributed by atoms with E-state index in [4.69, 9.17) is 10.6 Å². The number of fused-ring (bicyclic) bond motifs is 1. The van der Waals surface area contributed by atoms with E-state index in [1.54, 1.807) is 17.4 Å². The number of ether oxygens (including phenoxy) is 1.